The summed E-state index contributed by atoms with van der Waals surface area (Å²) in [5, 5.41) is 0. The summed E-state index contributed by atoms with van der Waals surface area (Å²) in [7, 11) is 3.08. The molecule has 0 aromatic heterocycles. The second-order valence-electron chi connectivity index (χ2n) is 15.7. The fourth-order valence-electron chi connectivity index (χ4n) is 7.68. The molecule has 2 saturated heterocycles. The van der Waals surface area contributed by atoms with Gasteiger partial charge in [-0.25, -0.2) is 0 Å². The summed E-state index contributed by atoms with van der Waals surface area (Å²) in [4.78, 5) is 21.9. The van der Waals surface area contributed by atoms with Gasteiger partial charge < -0.3 is 33.1 Å². The smallest absolute Gasteiger partial charge is 0.490 e. The van der Waals surface area contributed by atoms with Crippen LogP contribution in [0.2, 0.25) is 0 Å². The Labute approximate surface area is 325 Å². The van der Waals surface area contributed by atoms with E-state index in [0.717, 1.165) is 98.5 Å². The lowest BCUT2D eigenvalue weighted by Crippen LogP contribution is -2.41. The maximum absolute atomic E-state index is 11.2. The van der Waals surface area contributed by atoms with E-state index in [9.17, 15) is 9.59 Å². The Morgan fingerprint density at radius 1 is 0.830 bits per heavy atom. The van der Waals surface area contributed by atoms with Gasteiger partial charge in [0.1, 0.15) is 23.6 Å². The van der Waals surface area contributed by atoms with Crippen LogP contribution in [0.5, 0.6) is 11.5 Å². The molecule has 1 spiro atoms. The molecule has 2 saturated carbocycles. The molecule has 286 valence electrons. The number of aldehydes is 1. The second-order valence-corrected chi connectivity index (χ2v) is 16.6. The SMILES string of the molecule is C#Cc1cc(C2CCC(C=O)CC2)ccc1OC.CC1(C)OB(C2=CCC3(CC2)OCCO3)OC1(C)C.COc1ccc(C2CCC(=O)CC2)cc1Br. The highest BCUT2D eigenvalue weighted by molar-refractivity contribution is 9.10. The van der Waals surface area contributed by atoms with E-state index in [1.54, 1.807) is 14.2 Å². The van der Waals surface area contributed by atoms with Crippen LogP contribution in [0.3, 0.4) is 0 Å². The van der Waals surface area contributed by atoms with Crippen LogP contribution < -0.4 is 9.47 Å². The standard InChI is InChI=1S/C16H18O2.C14H23BO4.C13H15BrO2/c1-3-13-10-15(8-9-16(13)18-2)14-6-4-12(11-17)5-7-14;1-12(2)13(3,4)19-15(18-12)11-5-7-14(8-6-11)16-9-10-17-14;1-16-13-7-4-10(8-12(13)14)9-2-5-11(15)6-3-9/h1,8-12,14H,4-7H2,2H3;5H,6-10H2,1-4H3;4,7-9H,2-3,5-6H2,1H3. The second kappa shape index (κ2) is 18.1. The van der Waals surface area contributed by atoms with Gasteiger partial charge in [0.15, 0.2) is 5.79 Å². The zero-order valence-electron chi connectivity index (χ0n) is 32.3. The summed E-state index contributed by atoms with van der Waals surface area (Å²) in [6, 6.07) is 12.3. The highest BCUT2D eigenvalue weighted by Crippen LogP contribution is 2.43. The molecule has 0 atom stereocenters. The molecule has 4 fully saturated rings. The Balaban J connectivity index is 0.000000154. The van der Waals surface area contributed by atoms with Crippen molar-refractivity contribution in [2.45, 2.75) is 127 Å². The number of Topliss-reactive ketones (excluding diaryl/α,β-unsaturated/α-hetero) is 1. The normalized spacial score (nSPS) is 24.5. The molecule has 10 heteroatoms. The summed E-state index contributed by atoms with van der Waals surface area (Å²) in [6.07, 6.45) is 18.9. The van der Waals surface area contributed by atoms with E-state index in [2.05, 4.69) is 73.8 Å². The van der Waals surface area contributed by atoms with E-state index < -0.39 is 0 Å². The number of ether oxygens (including phenoxy) is 4. The van der Waals surface area contributed by atoms with Crippen LogP contribution in [0.15, 0.2) is 52.4 Å². The van der Waals surface area contributed by atoms with Crippen molar-refractivity contribution in [3.8, 4) is 23.8 Å². The summed E-state index contributed by atoms with van der Waals surface area (Å²) in [5.74, 6) is 5.62. The molecule has 2 aromatic rings. The quantitative estimate of drug-likeness (QED) is 0.163. The van der Waals surface area contributed by atoms with Gasteiger partial charge in [0.25, 0.3) is 0 Å². The number of carbonyl (C=O) groups is 2. The van der Waals surface area contributed by atoms with Gasteiger partial charge in [0, 0.05) is 31.6 Å². The first-order chi connectivity index (χ1) is 25.3. The van der Waals surface area contributed by atoms with Crippen LogP contribution >= 0.6 is 15.9 Å². The summed E-state index contributed by atoms with van der Waals surface area (Å²) in [6.45, 7) is 9.75. The summed E-state index contributed by atoms with van der Waals surface area (Å²) < 4.78 is 35.0. The number of halogens is 1. The Kier molecular flexibility index (Phi) is 14.1. The van der Waals surface area contributed by atoms with Crippen LogP contribution in [0.4, 0.5) is 0 Å². The third-order valence-electron chi connectivity index (χ3n) is 11.8. The van der Waals surface area contributed by atoms with Gasteiger partial charge in [0.05, 0.1) is 48.7 Å². The van der Waals surface area contributed by atoms with Gasteiger partial charge in [-0.15, -0.1) is 6.42 Å². The van der Waals surface area contributed by atoms with Gasteiger partial charge in [-0.3, -0.25) is 4.79 Å². The highest BCUT2D eigenvalue weighted by Gasteiger charge is 2.53. The number of rotatable bonds is 6. The average Bonchev–Trinajstić information content (AvgIpc) is 3.71. The maximum atomic E-state index is 11.2. The van der Waals surface area contributed by atoms with Crippen molar-refractivity contribution < 1.29 is 37.8 Å². The summed E-state index contributed by atoms with van der Waals surface area (Å²) >= 11 is 3.49. The molecule has 0 amide bonds. The topological polar surface area (TPSA) is 89.5 Å². The molecule has 0 unspecified atom stereocenters. The number of methoxy groups -OCH3 is 2. The molecule has 5 aliphatic rings. The van der Waals surface area contributed by atoms with Crippen molar-refractivity contribution in [2.75, 3.05) is 27.4 Å². The molecule has 8 nitrogen and oxygen atoms in total. The Morgan fingerprint density at radius 2 is 1.40 bits per heavy atom. The molecular weight excluding hydrogens is 735 g/mol. The van der Waals surface area contributed by atoms with Crippen LogP contribution in [-0.4, -0.2) is 63.6 Å². The molecule has 3 aliphatic carbocycles. The van der Waals surface area contributed by atoms with Crippen molar-refractivity contribution in [3.63, 3.8) is 0 Å². The van der Waals surface area contributed by atoms with Crippen LogP contribution in [0.1, 0.15) is 127 Å². The lowest BCUT2D eigenvalue weighted by Gasteiger charge is -2.32. The van der Waals surface area contributed by atoms with Gasteiger partial charge >= 0.3 is 7.12 Å². The Bertz CT molecular complexity index is 1620. The number of hydrogen-bond acceptors (Lipinski definition) is 8. The van der Waals surface area contributed by atoms with Crippen molar-refractivity contribution in [2.24, 2.45) is 5.92 Å². The summed E-state index contributed by atoms with van der Waals surface area (Å²) in [5.41, 5.74) is 4.08. The van der Waals surface area contributed by atoms with Gasteiger partial charge in [-0.05, 0) is 141 Å². The van der Waals surface area contributed by atoms with Crippen molar-refractivity contribution in [1.29, 1.82) is 0 Å². The third kappa shape index (κ3) is 10.2. The van der Waals surface area contributed by atoms with Crippen molar-refractivity contribution >= 4 is 35.1 Å². The molecule has 0 radical (unpaired) electrons. The molecule has 53 heavy (non-hydrogen) atoms. The largest absolute Gasteiger partial charge is 0.496 e. The first kappa shape index (κ1) is 41.2. The monoisotopic (exact) mass is 790 g/mol. The molecule has 0 N–H and O–H groups in total. The molecule has 7 rings (SSSR count). The predicted molar refractivity (Wildman–Crippen MR) is 211 cm³/mol. The lowest BCUT2D eigenvalue weighted by atomic mass is 9.71. The zero-order chi connectivity index (χ0) is 38.2. The Hall–Kier alpha value is -2.94. The predicted octanol–water partition coefficient (Wildman–Crippen LogP) is 9.30. The number of terminal acetylenes is 1. The number of allylic oxidation sites excluding steroid dienone is 1. The molecule has 2 aromatic carbocycles. The van der Waals surface area contributed by atoms with E-state index in [1.165, 1.54) is 16.6 Å². The first-order valence-corrected chi connectivity index (χ1v) is 19.9. The average molecular weight is 792 g/mol. The van der Waals surface area contributed by atoms with Crippen LogP contribution in [0.25, 0.3) is 0 Å². The van der Waals surface area contributed by atoms with E-state index in [1.807, 2.05) is 18.2 Å². The van der Waals surface area contributed by atoms with Gasteiger partial charge in [-0.2, -0.15) is 0 Å². The first-order valence-electron chi connectivity index (χ1n) is 19.1. The van der Waals surface area contributed by atoms with Crippen LogP contribution in [-0.2, 0) is 28.4 Å². The van der Waals surface area contributed by atoms with Crippen molar-refractivity contribution in [1.82, 2.24) is 0 Å². The molecule has 2 heterocycles. The van der Waals surface area contributed by atoms with Crippen molar-refractivity contribution in [3.05, 3.63) is 69.1 Å². The van der Waals surface area contributed by atoms with E-state index >= 15 is 0 Å². The Morgan fingerprint density at radius 3 is 1.91 bits per heavy atom. The van der Waals surface area contributed by atoms with E-state index in [4.69, 9.17) is 34.7 Å². The third-order valence-corrected chi connectivity index (χ3v) is 12.5. The highest BCUT2D eigenvalue weighted by atomic mass is 79.9. The number of benzene rings is 2. The van der Waals surface area contributed by atoms with Gasteiger partial charge in [0.2, 0.25) is 0 Å². The van der Waals surface area contributed by atoms with E-state index in [-0.39, 0.29) is 30.0 Å². The fraction of sp³-hybridized carbons (Fsp3) is 0.581. The maximum Gasteiger partial charge on any atom is 0.490 e. The minimum Gasteiger partial charge on any atom is -0.496 e. The van der Waals surface area contributed by atoms with E-state index in [0.29, 0.717) is 30.8 Å². The number of carbonyl (C=O) groups excluding carboxylic acids is 2. The minimum atomic E-state index is -0.368. The van der Waals surface area contributed by atoms with Crippen LogP contribution in [0, 0.1) is 18.3 Å². The molecule has 0 bridgehead atoms. The lowest BCUT2D eigenvalue weighted by molar-refractivity contribution is -0.161. The molecular formula is C43H56BBrO8. The van der Waals surface area contributed by atoms with Gasteiger partial charge in [-0.1, -0.05) is 24.1 Å². The number of ketones is 1. The molecule has 2 aliphatic heterocycles. The number of hydrogen-bond donors (Lipinski definition) is 0. The fourth-order valence-corrected chi connectivity index (χ4v) is 8.24. The zero-order valence-corrected chi connectivity index (χ0v) is 33.9. The minimum absolute atomic E-state index is 0.219.